The second-order valence-corrected chi connectivity index (χ2v) is 8.40. The van der Waals surface area contributed by atoms with Gasteiger partial charge in [0, 0.05) is 55.7 Å². The Morgan fingerprint density at radius 2 is 1.71 bits per heavy atom. The van der Waals surface area contributed by atoms with E-state index < -0.39 is 5.97 Å². The monoisotopic (exact) mass is 475 g/mol. The molecule has 0 aliphatic heterocycles. The number of hydrogen-bond donors (Lipinski definition) is 3. The number of carbonyl (C=O) groups excluding carboxylic acids is 1. The molecule has 0 radical (unpaired) electrons. The second-order valence-electron chi connectivity index (χ2n) is 8.40. The SMILES string of the molecule is Cc1ccccc1C(C/C(=N\O)c1ccc(=O)n(C)c1)c1ccc(C(=O)NCCCC(=O)O)cc1. The van der Waals surface area contributed by atoms with E-state index in [1.807, 2.05) is 43.3 Å². The molecule has 1 aromatic heterocycles. The number of carboxylic acids is 1. The van der Waals surface area contributed by atoms with E-state index in [1.54, 1.807) is 31.4 Å². The van der Waals surface area contributed by atoms with Crippen molar-refractivity contribution in [3.63, 3.8) is 0 Å². The number of nitrogens with one attached hydrogen (secondary N) is 1. The predicted octanol–water partition coefficient (Wildman–Crippen LogP) is 3.69. The summed E-state index contributed by atoms with van der Waals surface area (Å²) < 4.78 is 1.44. The van der Waals surface area contributed by atoms with Gasteiger partial charge in [-0.2, -0.15) is 0 Å². The van der Waals surface area contributed by atoms with Crippen LogP contribution in [0.2, 0.25) is 0 Å². The largest absolute Gasteiger partial charge is 0.481 e. The van der Waals surface area contributed by atoms with Crippen molar-refractivity contribution in [3.05, 3.63) is 105 Å². The Labute approximate surface area is 203 Å². The normalized spacial score (nSPS) is 12.2. The summed E-state index contributed by atoms with van der Waals surface area (Å²) in [5.74, 6) is -1.32. The standard InChI is InChI=1S/C27H29N3O5/c1-18-6-3-4-7-22(18)23(16-24(29-35)21-13-14-25(31)30(2)17-21)19-9-11-20(12-10-19)27(34)28-15-5-8-26(32)33/h3-4,6-7,9-14,17,23,35H,5,8,15-16H2,1-2H3,(H,28,34)(H,32,33)/b29-24+. The van der Waals surface area contributed by atoms with Crippen LogP contribution >= 0.6 is 0 Å². The third kappa shape index (κ3) is 6.66. The number of carbonyl (C=O) groups is 2. The van der Waals surface area contributed by atoms with E-state index in [9.17, 15) is 19.6 Å². The van der Waals surface area contributed by atoms with Gasteiger partial charge in [-0.05, 0) is 48.2 Å². The van der Waals surface area contributed by atoms with Gasteiger partial charge < -0.3 is 20.2 Å². The Bertz CT molecular complexity index is 1280. The average Bonchev–Trinajstić information content (AvgIpc) is 2.85. The van der Waals surface area contributed by atoms with Crippen LogP contribution in [0.25, 0.3) is 0 Å². The second kappa shape index (κ2) is 11.8. The number of aromatic nitrogens is 1. The van der Waals surface area contributed by atoms with Crippen molar-refractivity contribution < 1.29 is 19.9 Å². The minimum Gasteiger partial charge on any atom is -0.481 e. The maximum atomic E-state index is 12.4. The Morgan fingerprint density at radius 1 is 1.03 bits per heavy atom. The van der Waals surface area contributed by atoms with Crippen molar-refractivity contribution in [3.8, 4) is 0 Å². The van der Waals surface area contributed by atoms with Crippen molar-refractivity contribution >= 4 is 17.6 Å². The summed E-state index contributed by atoms with van der Waals surface area (Å²) in [6.45, 7) is 2.30. The highest BCUT2D eigenvalue weighted by Gasteiger charge is 2.21. The van der Waals surface area contributed by atoms with Gasteiger partial charge >= 0.3 is 5.97 Å². The van der Waals surface area contributed by atoms with Crippen LogP contribution in [-0.2, 0) is 11.8 Å². The van der Waals surface area contributed by atoms with Crippen LogP contribution < -0.4 is 10.9 Å². The third-order valence-corrected chi connectivity index (χ3v) is 5.93. The molecule has 35 heavy (non-hydrogen) atoms. The van der Waals surface area contributed by atoms with E-state index in [-0.39, 0.29) is 30.3 Å². The first-order valence-electron chi connectivity index (χ1n) is 11.3. The van der Waals surface area contributed by atoms with Crippen LogP contribution in [0.15, 0.2) is 76.8 Å². The molecule has 3 rings (SSSR count). The van der Waals surface area contributed by atoms with Gasteiger partial charge in [0.1, 0.15) is 0 Å². The summed E-state index contributed by atoms with van der Waals surface area (Å²) >= 11 is 0. The average molecular weight is 476 g/mol. The highest BCUT2D eigenvalue weighted by Crippen LogP contribution is 2.32. The highest BCUT2D eigenvalue weighted by atomic mass is 16.4. The van der Waals surface area contributed by atoms with Crippen LogP contribution in [0.3, 0.4) is 0 Å². The molecule has 2 aromatic carbocycles. The molecule has 1 amide bonds. The Kier molecular flexibility index (Phi) is 8.56. The molecule has 0 bridgehead atoms. The zero-order valence-corrected chi connectivity index (χ0v) is 19.8. The molecule has 1 heterocycles. The molecular weight excluding hydrogens is 446 g/mol. The topological polar surface area (TPSA) is 121 Å². The Morgan fingerprint density at radius 3 is 2.34 bits per heavy atom. The van der Waals surface area contributed by atoms with Gasteiger partial charge in [0.2, 0.25) is 5.56 Å². The number of carboxylic acid groups (broad SMARTS) is 1. The molecule has 8 heteroatoms. The van der Waals surface area contributed by atoms with Gasteiger partial charge in [-0.3, -0.25) is 14.4 Å². The number of aliphatic carboxylic acids is 1. The zero-order valence-electron chi connectivity index (χ0n) is 19.8. The fourth-order valence-corrected chi connectivity index (χ4v) is 3.97. The predicted molar refractivity (Wildman–Crippen MR) is 133 cm³/mol. The molecule has 0 spiro atoms. The minimum absolute atomic E-state index is 0.00163. The van der Waals surface area contributed by atoms with Gasteiger partial charge in [-0.15, -0.1) is 0 Å². The van der Waals surface area contributed by atoms with Crippen LogP contribution in [0.5, 0.6) is 0 Å². The van der Waals surface area contributed by atoms with Gasteiger partial charge in [0.25, 0.3) is 5.91 Å². The number of pyridine rings is 1. The van der Waals surface area contributed by atoms with E-state index in [2.05, 4.69) is 10.5 Å². The lowest BCUT2D eigenvalue weighted by Crippen LogP contribution is -2.24. The summed E-state index contributed by atoms with van der Waals surface area (Å²) in [5, 5.41) is 24.8. The molecule has 3 aromatic rings. The lowest BCUT2D eigenvalue weighted by atomic mass is 9.83. The molecule has 0 saturated heterocycles. The molecule has 1 atom stereocenters. The molecule has 8 nitrogen and oxygen atoms in total. The third-order valence-electron chi connectivity index (χ3n) is 5.93. The van der Waals surface area contributed by atoms with Crippen molar-refractivity contribution in [2.24, 2.45) is 12.2 Å². The maximum absolute atomic E-state index is 12.4. The number of nitrogens with zero attached hydrogens (tertiary/aromatic N) is 2. The maximum Gasteiger partial charge on any atom is 0.303 e. The molecule has 182 valence electrons. The summed E-state index contributed by atoms with van der Waals surface area (Å²) in [6.07, 6.45) is 2.38. The first kappa shape index (κ1) is 25.4. The number of rotatable bonds is 10. The fraction of sp³-hybridized carbons (Fsp3) is 0.259. The quantitative estimate of drug-likeness (QED) is 0.179. The van der Waals surface area contributed by atoms with Gasteiger partial charge in [0.15, 0.2) is 0 Å². The van der Waals surface area contributed by atoms with Crippen LogP contribution in [-0.4, -0.2) is 39.0 Å². The van der Waals surface area contributed by atoms with Gasteiger partial charge in [-0.25, -0.2) is 0 Å². The first-order chi connectivity index (χ1) is 16.8. The van der Waals surface area contributed by atoms with Gasteiger partial charge in [-0.1, -0.05) is 41.6 Å². The van der Waals surface area contributed by atoms with Crippen molar-refractivity contribution in [2.75, 3.05) is 6.54 Å². The molecule has 0 aliphatic rings. The zero-order chi connectivity index (χ0) is 25.4. The molecule has 3 N–H and O–H groups in total. The van der Waals surface area contributed by atoms with E-state index in [4.69, 9.17) is 5.11 Å². The van der Waals surface area contributed by atoms with Gasteiger partial charge in [0.05, 0.1) is 5.71 Å². The van der Waals surface area contributed by atoms with E-state index in [0.717, 1.165) is 16.7 Å². The number of amides is 1. The first-order valence-corrected chi connectivity index (χ1v) is 11.3. The Balaban J connectivity index is 1.87. The number of oxime groups is 1. The lowest BCUT2D eigenvalue weighted by molar-refractivity contribution is -0.137. The molecule has 0 aliphatic carbocycles. The Hall–Kier alpha value is -4.20. The molecule has 0 fully saturated rings. The summed E-state index contributed by atoms with van der Waals surface area (Å²) in [5.41, 5.74) is 4.48. The summed E-state index contributed by atoms with van der Waals surface area (Å²) in [4.78, 5) is 34.8. The van der Waals surface area contributed by atoms with Crippen LogP contribution in [0, 0.1) is 6.92 Å². The fourth-order valence-electron chi connectivity index (χ4n) is 3.97. The van der Waals surface area contributed by atoms with Crippen LogP contribution in [0.1, 0.15) is 57.8 Å². The van der Waals surface area contributed by atoms with E-state index in [1.165, 1.54) is 10.6 Å². The smallest absolute Gasteiger partial charge is 0.303 e. The van der Waals surface area contributed by atoms with Crippen molar-refractivity contribution in [1.29, 1.82) is 0 Å². The molecule has 0 saturated carbocycles. The highest BCUT2D eigenvalue weighted by molar-refractivity contribution is 6.00. The summed E-state index contributed by atoms with van der Waals surface area (Å²) in [7, 11) is 1.64. The van der Waals surface area contributed by atoms with Crippen LogP contribution in [0.4, 0.5) is 0 Å². The van der Waals surface area contributed by atoms with Crippen molar-refractivity contribution in [2.45, 2.75) is 32.1 Å². The minimum atomic E-state index is -0.894. The lowest BCUT2D eigenvalue weighted by Gasteiger charge is -2.21. The van der Waals surface area contributed by atoms with Crippen molar-refractivity contribution in [1.82, 2.24) is 9.88 Å². The van der Waals surface area contributed by atoms with E-state index in [0.29, 0.717) is 29.7 Å². The summed E-state index contributed by atoms with van der Waals surface area (Å²) in [6, 6.07) is 18.2. The molecular formula is C27H29N3O5. The number of hydrogen-bond acceptors (Lipinski definition) is 5. The van der Waals surface area contributed by atoms with E-state index >= 15 is 0 Å². The molecule has 1 unspecified atom stereocenters. The number of benzene rings is 2. The number of aryl methyl sites for hydroxylation is 2.